The molecule has 6 heteroatoms. The van der Waals surface area contributed by atoms with Gasteiger partial charge in [-0.3, -0.25) is 24.4 Å². The first kappa shape index (κ1) is 16.8. The Morgan fingerprint density at radius 3 is 2.05 bits per heavy atom. The van der Waals surface area contributed by atoms with Crippen LogP contribution in [0.3, 0.4) is 0 Å². The van der Waals surface area contributed by atoms with Gasteiger partial charge in [-0.05, 0) is 39.4 Å². The van der Waals surface area contributed by atoms with Crippen LogP contribution in [0.5, 0.6) is 0 Å². The molecule has 0 aromatic carbocycles. The number of hydrogen-bond donors (Lipinski definition) is 0. The molecule has 0 aromatic rings. The van der Waals surface area contributed by atoms with Crippen molar-refractivity contribution in [3.63, 3.8) is 0 Å². The van der Waals surface area contributed by atoms with Crippen molar-refractivity contribution < 1.29 is 9.59 Å². The van der Waals surface area contributed by atoms with Gasteiger partial charge in [-0.25, -0.2) is 0 Å². The fourth-order valence-corrected chi connectivity index (χ4v) is 2.63. The van der Waals surface area contributed by atoms with Crippen molar-refractivity contribution in [2.75, 3.05) is 19.6 Å². The van der Waals surface area contributed by atoms with Crippen LogP contribution in [0.2, 0.25) is 0 Å². The van der Waals surface area contributed by atoms with Crippen LogP contribution in [0.25, 0.3) is 0 Å². The van der Waals surface area contributed by atoms with Gasteiger partial charge in [0.15, 0.2) is 11.0 Å². The van der Waals surface area contributed by atoms with E-state index >= 15 is 0 Å². The highest BCUT2D eigenvalue weighted by molar-refractivity contribution is 7.80. The van der Waals surface area contributed by atoms with E-state index in [9.17, 15) is 9.59 Å². The average molecular weight is 297 g/mol. The molecule has 1 aliphatic heterocycles. The first-order chi connectivity index (χ1) is 9.49. The van der Waals surface area contributed by atoms with E-state index in [1.807, 2.05) is 13.8 Å². The van der Waals surface area contributed by atoms with Gasteiger partial charge in [0.25, 0.3) is 0 Å². The number of hydrogen-bond acceptors (Lipinski definition) is 4. The molecule has 1 heterocycles. The Kier molecular flexibility index (Phi) is 6.26. The second kappa shape index (κ2) is 7.47. The third-order valence-electron chi connectivity index (χ3n) is 3.41. The number of nitrogens with zero attached hydrogens (tertiary/aromatic N) is 3. The Morgan fingerprint density at radius 1 is 1.15 bits per heavy atom. The number of carbonyl (C=O) groups is 2. The highest BCUT2D eigenvalue weighted by atomic mass is 32.1. The summed E-state index contributed by atoms with van der Waals surface area (Å²) in [5.41, 5.74) is 0.591. The maximum Gasteiger partial charge on any atom is 0.247 e. The van der Waals surface area contributed by atoms with Crippen LogP contribution in [-0.4, -0.2) is 52.1 Å². The van der Waals surface area contributed by atoms with Crippen molar-refractivity contribution in [3.8, 4) is 0 Å². The molecule has 0 spiro atoms. The fraction of sp³-hybridized carbons (Fsp3) is 0.714. The SMILES string of the molecule is CCCCN=C(C)C1C(=O)N(CC)C(=S)N(CC)C1=O. The Morgan fingerprint density at radius 2 is 1.65 bits per heavy atom. The van der Waals surface area contributed by atoms with Crippen molar-refractivity contribution in [1.82, 2.24) is 9.80 Å². The molecule has 0 unspecified atom stereocenters. The minimum atomic E-state index is -0.807. The zero-order valence-corrected chi connectivity index (χ0v) is 13.5. The van der Waals surface area contributed by atoms with E-state index in [4.69, 9.17) is 12.2 Å². The van der Waals surface area contributed by atoms with Gasteiger partial charge >= 0.3 is 0 Å². The Balaban J connectivity index is 3.03. The summed E-state index contributed by atoms with van der Waals surface area (Å²) in [4.78, 5) is 32.2. The van der Waals surface area contributed by atoms with Gasteiger partial charge in [0.05, 0.1) is 0 Å². The smallest absolute Gasteiger partial charge is 0.247 e. The van der Waals surface area contributed by atoms with E-state index in [1.165, 1.54) is 9.80 Å². The summed E-state index contributed by atoms with van der Waals surface area (Å²) in [6, 6.07) is 0. The van der Waals surface area contributed by atoms with Crippen LogP contribution < -0.4 is 0 Å². The third kappa shape index (κ3) is 3.23. The summed E-state index contributed by atoms with van der Waals surface area (Å²) in [6.07, 6.45) is 2.00. The summed E-state index contributed by atoms with van der Waals surface area (Å²) >= 11 is 5.22. The van der Waals surface area contributed by atoms with Crippen molar-refractivity contribution in [3.05, 3.63) is 0 Å². The molecule has 0 N–H and O–H groups in total. The van der Waals surface area contributed by atoms with Crippen molar-refractivity contribution >= 4 is 34.9 Å². The normalized spacial score (nSPS) is 18.2. The molecule has 1 saturated heterocycles. The highest BCUT2D eigenvalue weighted by Gasteiger charge is 2.43. The molecule has 0 bridgehead atoms. The molecule has 0 atom stereocenters. The van der Waals surface area contributed by atoms with E-state index in [2.05, 4.69) is 11.9 Å². The number of carbonyl (C=O) groups excluding carboxylic acids is 2. The molecule has 5 nitrogen and oxygen atoms in total. The first-order valence-corrected chi connectivity index (χ1v) is 7.57. The molecule has 112 valence electrons. The standard InChI is InChI=1S/C14H23N3O2S/c1-5-8-9-15-10(4)11-12(18)16(6-2)14(20)17(7-3)13(11)19/h11H,5-9H2,1-4H3. The lowest BCUT2D eigenvalue weighted by molar-refractivity contribution is -0.143. The maximum absolute atomic E-state index is 12.4. The van der Waals surface area contributed by atoms with Crippen molar-refractivity contribution in [2.45, 2.75) is 40.5 Å². The molecule has 0 radical (unpaired) electrons. The van der Waals surface area contributed by atoms with Crippen LogP contribution in [0.1, 0.15) is 40.5 Å². The number of unbranched alkanes of at least 4 members (excludes halogenated alkanes) is 1. The summed E-state index contributed by atoms with van der Waals surface area (Å²) in [7, 11) is 0. The Bertz CT molecular complexity index is 408. The molecule has 0 saturated carbocycles. The third-order valence-corrected chi connectivity index (χ3v) is 3.85. The molecule has 1 fully saturated rings. The molecular weight excluding hydrogens is 274 g/mol. The van der Waals surface area contributed by atoms with Gasteiger partial charge in [-0.2, -0.15) is 0 Å². The number of thiocarbonyl (C=S) groups is 1. The van der Waals surface area contributed by atoms with Gasteiger partial charge in [0.2, 0.25) is 11.8 Å². The lowest BCUT2D eigenvalue weighted by atomic mass is 9.98. The van der Waals surface area contributed by atoms with Gasteiger partial charge < -0.3 is 0 Å². The van der Waals surface area contributed by atoms with Crippen LogP contribution in [-0.2, 0) is 9.59 Å². The summed E-state index contributed by atoms with van der Waals surface area (Å²) in [6.45, 7) is 9.15. The van der Waals surface area contributed by atoms with E-state index in [1.54, 1.807) is 6.92 Å². The summed E-state index contributed by atoms with van der Waals surface area (Å²) in [5, 5.41) is 0.308. The van der Waals surface area contributed by atoms with Gasteiger partial charge in [-0.15, -0.1) is 0 Å². The first-order valence-electron chi connectivity index (χ1n) is 7.17. The van der Waals surface area contributed by atoms with Crippen molar-refractivity contribution in [2.24, 2.45) is 10.9 Å². The van der Waals surface area contributed by atoms with Crippen LogP contribution in [0.4, 0.5) is 0 Å². The molecule has 1 rings (SSSR count). The molecule has 2 amide bonds. The molecule has 1 aliphatic rings. The molecular formula is C14H23N3O2S. The highest BCUT2D eigenvalue weighted by Crippen LogP contribution is 2.19. The second-order valence-electron chi connectivity index (χ2n) is 4.76. The van der Waals surface area contributed by atoms with Gasteiger partial charge in [0, 0.05) is 25.3 Å². The average Bonchev–Trinajstić information content (AvgIpc) is 2.40. The topological polar surface area (TPSA) is 53.0 Å². The van der Waals surface area contributed by atoms with Crippen LogP contribution in [0.15, 0.2) is 4.99 Å². The van der Waals surface area contributed by atoms with E-state index in [0.29, 0.717) is 30.5 Å². The Labute approximate surface area is 126 Å². The largest absolute Gasteiger partial charge is 0.293 e. The molecule has 0 aliphatic carbocycles. The second-order valence-corrected chi connectivity index (χ2v) is 5.12. The molecule has 0 aromatic heterocycles. The zero-order chi connectivity index (χ0) is 15.3. The van der Waals surface area contributed by atoms with Crippen molar-refractivity contribution in [1.29, 1.82) is 0 Å². The minimum absolute atomic E-state index is 0.245. The number of amides is 2. The predicted molar refractivity (Wildman–Crippen MR) is 83.7 cm³/mol. The lowest BCUT2D eigenvalue weighted by Crippen LogP contribution is -2.60. The van der Waals surface area contributed by atoms with E-state index in [-0.39, 0.29) is 11.8 Å². The Hall–Kier alpha value is -1.30. The number of aliphatic imine (C=N–C) groups is 1. The fourth-order valence-electron chi connectivity index (χ4n) is 2.20. The van der Waals surface area contributed by atoms with Gasteiger partial charge in [0.1, 0.15) is 0 Å². The van der Waals surface area contributed by atoms with Crippen LogP contribution in [0, 0.1) is 5.92 Å². The summed E-state index contributed by atoms with van der Waals surface area (Å²) < 4.78 is 0. The van der Waals surface area contributed by atoms with Gasteiger partial charge in [-0.1, -0.05) is 13.3 Å². The van der Waals surface area contributed by atoms with E-state index < -0.39 is 5.92 Å². The minimum Gasteiger partial charge on any atom is -0.293 e. The predicted octanol–water partition coefficient (Wildman–Crippen LogP) is 1.86. The zero-order valence-electron chi connectivity index (χ0n) is 12.7. The number of rotatable bonds is 6. The lowest BCUT2D eigenvalue weighted by Gasteiger charge is -2.38. The monoisotopic (exact) mass is 297 g/mol. The summed E-state index contributed by atoms with van der Waals surface area (Å²) in [5.74, 6) is -1.30. The quantitative estimate of drug-likeness (QED) is 0.325. The van der Waals surface area contributed by atoms with E-state index in [0.717, 1.165) is 12.8 Å². The molecule has 20 heavy (non-hydrogen) atoms. The van der Waals surface area contributed by atoms with Crippen LogP contribution >= 0.6 is 12.2 Å². The maximum atomic E-state index is 12.4.